The number of fused-ring (bicyclic) bond motifs is 5. The van der Waals surface area contributed by atoms with Crippen molar-refractivity contribution in [3.8, 4) is 0 Å². The number of rotatable bonds is 3. The van der Waals surface area contributed by atoms with Crippen LogP contribution in [-0.2, 0) is 4.79 Å². The first-order valence-electron chi connectivity index (χ1n) is 12.2. The Morgan fingerprint density at radius 3 is 2.65 bits per heavy atom. The lowest BCUT2D eigenvalue weighted by molar-refractivity contribution is -0.138. The predicted molar refractivity (Wildman–Crippen MR) is 122 cm³/mol. The monoisotopic (exact) mass is 420 g/mol. The van der Waals surface area contributed by atoms with E-state index in [-0.39, 0.29) is 11.3 Å². The Hall–Kier alpha value is -2.04. The molecule has 5 nitrogen and oxygen atoms in total. The van der Waals surface area contributed by atoms with E-state index < -0.39 is 0 Å². The van der Waals surface area contributed by atoms with Gasteiger partial charge in [0.2, 0.25) is 5.91 Å². The van der Waals surface area contributed by atoms with Crippen molar-refractivity contribution in [1.82, 2.24) is 19.9 Å². The normalized spacial score (nSPS) is 42.2. The number of aromatic nitrogens is 3. The van der Waals surface area contributed by atoms with Gasteiger partial charge in [0.05, 0.1) is 0 Å². The molecule has 0 saturated heterocycles. The lowest BCUT2D eigenvalue weighted by Crippen LogP contribution is -2.59. The van der Waals surface area contributed by atoms with E-state index in [1.54, 1.807) is 12.7 Å². The van der Waals surface area contributed by atoms with E-state index in [0.29, 0.717) is 23.3 Å². The van der Waals surface area contributed by atoms with Gasteiger partial charge in [-0.15, -0.1) is 0 Å². The van der Waals surface area contributed by atoms with E-state index in [1.807, 2.05) is 18.0 Å². The van der Waals surface area contributed by atoms with E-state index in [9.17, 15) is 4.79 Å². The second-order valence-corrected chi connectivity index (χ2v) is 10.9. The van der Waals surface area contributed by atoms with Crippen molar-refractivity contribution in [2.45, 2.75) is 71.8 Å². The summed E-state index contributed by atoms with van der Waals surface area (Å²) in [7, 11) is 2.01. The molecule has 0 bridgehead atoms. The first-order valence-corrected chi connectivity index (χ1v) is 12.2. The average Bonchev–Trinajstić information content (AvgIpc) is 3.13. The summed E-state index contributed by atoms with van der Waals surface area (Å²) in [6, 6.07) is 0.364. The molecule has 5 heteroatoms. The summed E-state index contributed by atoms with van der Waals surface area (Å²) >= 11 is 0. The van der Waals surface area contributed by atoms with Crippen molar-refractivity contribution < 1.29 is 4.79 Å². The van der Waals surface area contributed by atoms with Crippen LogP contribution in [0.2, 0.25) is 0 Å². The Morgan fingerprint density at radius 1 is 1.13 bits per heavy atom. The highest BCUT2D eigenvalue weighted by molar-refractivity contribution is 5.89. The fourth-order valence-corrected chi connectivity index (χ4v) is 8.28. The molecule has 0 N–H and O–H groups in total. The number of amides is 1. The fraction of sp³-hybridized carbons (Fsp3) is 0.692. The molecule has 1 amide bonds. The van der Waals surface area contributed by atoms with Gasteiger partial charge < -0.3 is 4.90 Å². The standard InChI is InChI=1S/C26H36N4O/c1-5-17(14-23-28-15-27-16-29-23)19-7-8-20-18-6-9-22-26(3,13-11-24(31)30(22)4)21(18)10-12-25(19,20)2/h11,13-16,18-22H,5-10,12H2,1-4H3/b17-14+/t18-,19+,20-,21-,22+,25+,26+/m0/s1. The Morgan fingerprint density at radius 2 is 1.90 bits per heavy atom. The number of allylic oxidation sites excluding steroid dienone is 1. The van der Waals surface area contributed by atoms with Crippen molar-refractivity contribution in [3.63, 3.8) is 0 Å². The van der Waals surface area contributed by atoms with Gasteiger partial charge >= 0.3 is 0 Å². The van der Waals surface area contributed by atoms with Crippen LogP contribution in [0.5, 0.6) is 0 Å². The molecule has 5 rings (SSSR count). The van der Waals surface area contributed by atoms with Crippen LogP contribution in [0.4, 0.5) is 0 Å². The number of likely N-dealkylation sites (N-methyl/N-ethyl adjacent to an activating group) is 1. The number of carbonyl (C=O) groups excluding carboxylic acids is 1. The quantitative estimate of drug-likeness (QED) is 0.696. The smallest absolute Gasteiger partial charge is 0.246 e. The first-order chi connectivity index (χ1) is 14.9. The number of nitrogens with zero attached hydrogens (tertiary/aromatic N) is 4. The van der Waals surface area contributed by atoms with Crippen LogP contribution >= 0.6 is 0 Å². The van der Waals surface area contributed by atoms with E-state index in [2.05, 4.69) is 47.9 Å². The molecular weight excluding hydrogens is 384 g/mol. The minimum atomic E-state index is 0.124. The van der Waals surface area contributed by atoms with Crippen LogP contribution in [0.15, 0.2) is 30.4 Å². The van der Waals surface area contributed by atoms with Crippen LogP contribution in [0.3, 0.4) is 0 Å². The Balaban J connectivity index is 1.44. The zero-order chi connectivity index (χ0) is 21.8. The van der Waals surface area contributed by atoms with Crippen molar-refractivity contribution in [1.29, 1.82) is 0 Å². The minimum Gasteiger partial charge on any atom is -0.338 e. The highest BCUT2D eigenvalue weighted by Crippen LogP contribution is 2.66. The molecule has 7 atom stereocenters. The minimum absolute atomic E-state index is 0.124. The Kier molecular flexibility index (Phi) is 5.06. The molecule has 2 heterocycles. The summed E-state index contributed by atoms with van der Waals surface area (Å²) in [5.41, 5.74) is 2.00. The maximum atomic E-state index is 12.3. The number of hydrogen-bond acceptors (Lipinski definition) is 4. The van der Waals surface area contributed by atoms with Crippen molar-refractivity contribution >= 4 is 12.0 Å². The molecular formula is C26H36N4O. The van der Waals surface area contributed by atoms with Gasteiger partial charge in [0.25, 0.3) is 0 Å². The molecule has 166 valence electrons. The van der Waals surface area contributed by atoms with Crippen molar-refractivity contribution in [2.75, 3.05) is 7.05 Å². The van der Waals surface area contributed by atoms with Crippen LogP contribution in [0.1, 0.15) is 71.5 Å². The third-order valence-electron chi connectivity index (χ3n) is 9.81. The summed E-state index contributed by atoms with van der Waals surface area (Å²) in [5, 5.41) is 0. The van der Waals surface area contributed by atoms with Crippen molar-refractivity contribution in [3.05, 3.63) is 36.2 Å². The lowest BCUT2D eigenvalue weighted by Gasteiger charge is -2.60. The zero-order valence-electron chi connectivity index (χ0n) is 19.4. The van der Waals surface area contributed by atoms with Crippen LogP contribution in [-0.4, -0.2) is 38.8 Å². The van der Waals surface area contributed by atoms with Gasteiger partial charge in [-0.25, -0.2) is 15.0 Å². The molecule has 1 aromatic heterocycles. The average molecular weight is 421 g/mol. The predicted octanol–water partition coefficient (Wildman–Crippen LogP) is 4.92. The SMILES string of the molecule is CC/C(=C\c1ncncn1)[C@H]1CC[C@H]2[C@@H]3CC[C@H]4N(C)C(=O)C=C[C@]4(C)[C@H]3CC[C@]12C. The van der Waals surface area contributed by atoms with Gasteiger partial charge in [-0.05, 0) is 86.2 Å². The second kappa shape index (κ2) is 7.53. The van der Waals surface area contributed by atoms with Gasteiger partial charge in [-0.2, -0.15) is 0 Å². The van der Waals surface area contributed by atoms with Gasteiger partial charge in [-0.3, -0.25) is 4.79 Å². The van der Waals surface area contributed by atoms with Crippen LogP contribution < -0.4 is 0 Å². The Bertz CT molecular complexity index is 911. The topological polar surface area (TPSA) is 59.0 Å². The van der Waals surface area contributed by atoms with Crippen molar-refractivity contribution in [2.24, 2.45) is 34.5 Å². The molecule has 4 aliphatic rings. The number of hydrogen-bond donors (Lipinski definition) is 0. The maximum absolute atomic E-state index is 12.3. The molecule has 3 fully saturated rings. The molecule has 0 aromatic carbocycles. The van der Waals surface area contributed by atoms with E-state index in [0.717, 1.165) is 30.5 Å². The zero-order valence-corrected chi connectivity index (χ0v) is 19.4. The van der Waals surface area contributed by atoms with Crippen LogP contribution in [0, 0.1) is 34.5 Å². The van der Waals surface area contributed by atoms with E-state index in [1.165, 1.54) is 37.7 Å². The molecule has 1 aliphatic heterocycles. The van der Waals surface area contributed by atoms with Gasteiger partial charge in [0.15, 0.2) is 5.82 Å². The summed E-state index contributed by atoms with van der Waals surface area (Å²) in [6.07, 6.45) is 18.2. The molecule has 0 unspecified atom stereocenters. The maximum Gasteiger partial charge on any atom is 0.246 e. The lowest BCUT2D eigenvalue weighted by atomic mass is 9.47. The third kappa shape index (κ3) is 3.10. The first kappa shape index (κ1) is 20.8. The fourth-order valence-electron chi connectivity index (χ4n) is 8.28. The summed E-state index contributed by atoms with van der Waals surface area (Å²) in [6.45, 7) is 7.28. The highest BCUT2D eigenvalue weighted by atomic mass is 16.2. The second-order valence-electron chi connectivity index (χ2n) is 10.9. The third-order valence-corrected chi connectivity index (χ3v) is 9.81. The molecule has 3 aliphatic carbocycles. The Labute approximate surface area is 186 Å². The van der Waals surface area contributed by atoms with E-state index >= 15 is 0 Å². The molecule has 0 spiro atoms. The van der Waals surface area contributed by atoms with Gasteiger partial charge in [-0.1, -0.05) is 32.4 Å². The summed E-state index contributed by atoms with van der Waals surface area (Å²) in [5.74, 6) is 3.83. The molecule has 0 radical (unpaired) electrons. The number of carbonyl (C=O) groups is 1. The summed E-state index contributed by atoms with van der Waals surface area (Å²) in [4.78, 5) is 27.0. The molecule has 1 aromatic rings. The van der Waals surface area contributed by atoms with Gasteiger partial charge in [0, 0.05) is 18.5 Å². The molecule has 31 heavy (non-hydrogen) atoms. The summed E-state index contributed by atoms with van der Waals surface area (Å²) < 4.78 is 0. The molecule has 3 saturated carbocycles. The largest absolute Gasteiger partial charge is 0.338 e. The van der Waals surface area contributed by atoms with Crippen LogP contribution in [0.25, 0.3) is 6.08 Å². The highest BCUT2D eigenvalue weighted by Gasteiger charge is 2.60. The van der Waals surface area contributed by atoms with E-state index in [4.69, 9.17) is 0 Å². The van der Waals surface area contributed by atoms with Gasteiger partial charge in [0.1, 0.15) is 12.7 Å².